The van der Waals surface area contributed by atoms with Crippen molar-refractivity contribution >= 4 is 0 Å². The molecule has 0 radical (unpaired) electrons. The molecule has 1 heterocycles. The predicted molar refractivity (Wildman–Crippen MR) is 89.3 cm³/mol. The third kappa shape index (κ3) is 3.55. The summed E-state index contributed by atoms with van der Waals surface area (Å²) in [7, 11) is 0. The second-order valence-corrected chi connectivity index (χ2v) is 5.63. The van der Waals surface area contributed by atoms with Crippen molar-refractivity contribution in [3.63, 3.8) is 0 Å². The van der Waals surface area contributed by atoms with Crippen LogP contribution in [0.25, 0.3) is 0 Å². The van der Waals surface area contributed by atoms with Crippen molar-refractivity contribution < 1.29 is 4.74 Å². The van der Waals surface area contributed by atoms with E-state index in [4.69, 9.17) is 4.74 Å². The molecular weight excluding hydrogens is 286 g/mol. The number of nitrogens with zero attached hydrogens (tertiary/aromatic N) is 2. The first-order valence-electron chi connectivity index (χ1n) is 7.83. The molecule has 0 saturated carbocycles. The summed E-state index contributed by atoms with van der Waals surface area (Å²) in [6, 6.07) is 12.2. The Labute approximate surface area is 137 Å². The van der Waals surface area contributed by atoms with Gasteiger partial charge in [-0.05, 0) is 38.0 Å². The largest absolute Gasteiger partial charge is 0.494 e. The summed E-state index contributed by atoms with van der Waals surface area (Å²) in [4.78, 5) is 0. The number of unbranched alkanes of at least 4 members (excludes halogenated alkanes) is 1. The van der Waals surface area contributed by atoms with Crippen LogP contribution in [0.4, 0.5) is 0 Å². The maximum absolute atomic E-state index is 9.49. The normalized spacial score (nSPS) is 15.0. The standard InChI is InChI=1S/C19H21N3O/c1-4-5-10-23-16-8-6-15(7-9-16)19-17(11-20)13(2)22-14(3)18(19)12-21/h6-9,19,22H,4-5,10H2,1-3H3. The Bertz CT molecular complexity index is 678. The van der Waals surface area contributed by atoms with E-state index in [-0.39, 0.29) is 5.92 Å². The summed E-state index contributed by atoms with van der Waals surface area (Å²) < 4.78 is 5.67. The molecule has 23 heavy (non-hydrogen) atoms. The second-order valence-electron chi connectivity index (χ2n) is 5.63. The van der Waals surface area contributed by atoms with Crippen LogP contribution in [0.5, 0.6) is 5.75 Å². The Balaban J connectivity index is 2.32. The van der Waals surface area contributed by atoms with Gasteiger partial charge in [-0.1, -0.05) is 25.5 Å². The zero-order valence-corrected chi connectivity index (χ0v) is 13.8. The molecule has 0 atom stereocenters. The van der Waals surface area contributed by atoms with Crippen LogP contribution in [0.1, 0.15) is 45.1 Å². The van der Waals surface area contributed by atoms with Crippen molar-refractivity contribution in [2.24, 2.45) is 0 Å². The van der Waals surface area contributed by atoms with Crippen LogP contribution in [-0.2, 0) is 0 Å². The van der Waals surface area contributed by atoms with E-state index in [0.717, 1.165) is 35.5 Å². The average molecular weight is 307 g/mol. The number of nitrogens with one attached hydrogen (secondary N) is 1. The number of dihydropyridines is 1. The molecule has 1 aliphatic rings. The lowest BCUT2D eigenvalue weighted by molar-refractivity contribution is 0.309. The van der Waals surface area contributed by atoms with Gasteiger partial charge in [-0.25, -0.2) is 0 Å². The molecule has 0 amide bonds. The number of rotatable bonds is 5. The number of hydrogen-bond donors (Lipinski definition) is 1. The maximum atomic E-state index is 9.49. The minimum absolute atomic E-state index is 0.309. The summed E-state index contributed by atoms with van der Waals surface area (Å²) in [5.41, 5.74) is 3.72. The molecule has 0 fully saturated rings. The molecule has 1 N–H and O–H groups in total. The highest BCUT2D eigenvalue weighted by atomic mass is 16.5. The zero-order chi connectivity index (χ0) is 16.8. The van der Waals surface area contributed by atoms with Gasteiger partial charge in [0.25, 0.3) is 0 Å². The second kappa shape index (κ2) is 7.51. The first-order valence-corrected chi connectivity index (χ1v) is 7.83. The number of hydrogen-bond acceptors (Lipinski definition) is 4. The summed E-state index contributed by atoms with van der Waals surface area (Å²) in [5, 5.41) is 22.1. The molecule has 0 aromatic heterocycles. The Morgan fingerprint density at radius 1 is 1.04 bits per heavy atom. The average Bonchev–Trinajstić information content (AvgIpc) is 2.55. The number of ether oxygens (including phenoxy) is 1. The molecule has 0 unspecified atom stereocenters. The lowest BCUT2D eigenvalue weighted by atomic mass is 9.81. The molecule has 4 nitrogen and oxygen atoms in total. The number of allylic oxidation sites excluding steroid dienone is 4. The van der Waals surface area contributed by atoms with Gasteiger partial charge in [-0.3, -0.25) is 0 Å². The first kappa shape index (κ1) is 16.6. The van der Waals surface area contributed by atoms with Crippen molar-refractivity contribution in [3.8, 4) is 17.9 Å². The highest BCUT2D eigenvalue weighted by Gasteiger charge is 2.29. The smallest absolute Gasteiger partial charge is 0.119 e. The van der Waals surface area contributed by atoms with Crippen molar-refractivity contribution in [1.29, 1.82) is 10.5 Å². The molecule has 0 spiro atoms. The maximum Gasteiger partial charge on any atom is 0.119 e. The van der Waals surface area contributed by atoms with E-state index in [1.54, 1.807) is 0 Å². The molecule has 118 valence electrons. The van der Waals surface area contributed by atoms with E-state index in [0.29, 0.717) is 17.8 Å². The molecule has 1 aliphatic heterocycles. The fraction of sp³-hybridized carbons (Fsp3) is 0.368. The van der Waals surface area contributed by atoms with E-state index in [1.165, 1.54) is 0 Å². The fourth-order valence-corrected chi connectivity index (χ4v) is 2.71. The third-order valence-corrected chi connectivity index (χ3v) is 3.98. The van der Waals surface area contributed by atoms with Gasteiger partial charge >= 0.3 is 0 Å². The molecule has 0 aliphatic carbocycles. The Kier molecular flexibility index (Phi) is 5.44. The van der Waals surface area contributed by atoms with Crippen molar-refractivity contribution in [2.75, 3.05) is 6.61 Å². The Morgan fingerprint density at radius 2 is 1.61 bits per heavy atom. The summed E-state index contributed by atoms with van der Waals surface area (Å²) in [6.45, 7) is 6.56. The quantitative estimate of drug-likeness (QED) is 0.830. The van der Waals surface area contributed by atoms with Crippen molar-refractivity contribution in [2.45, 2.75) is 39.5 Å². The van der Waals surface area contributed by atoms with Crippen LogP contribution in [0.15, 0.2) is 46.8 Å². The van der Waals surface area contributed by atoms with Gasteiger partial charge < -0.3 is 10.1 Å². The highest BCUT2D eigenvalue weighted by Crippen LogP contribution is 2.37. The number of benzene rings is 1. The van der Waals surface area contributed by atoms with Gasteiger partial charge in [0.05, 0.1) is 35.8 Å². The number of nitriles is 2. The van der Waals surface area contributed by atoms with E-state index in [9.17, 15) is 10.5 Å². The predicted octanol–water partition coefficient (Wildman–Crippen LogP) is 4.15. The molecule has 1 aromatic rings. The lowest BCUT2D eigenvalue weighted by Gasteiger charge is -2.26. The van der Waals surface area contributed by atoms with Gasteiger partial charge in [-0.15, -0.1) is 0 Å². The molecule has 4 heteroatoms. The fourth-order valence-electron chi connectivity index (χ4n) is 2.71. The van der Waals surface area contributed by atoms with Gasteiger partial charge in [-0.2, -0.15) is 10.5 Å². The van der Waals surface area contributed by atoms with Crippen LogP contribution in [0.2, 0.25) is 0 Å². The highest BCUT2D eigenvalue weighted by molar-refractivity contribution is 5.55. The van der Waals surface area contributed by atoms with Crippen LogP contribution < -0.4 is 10.1 Å². The Morgan fingerprint density at radius 3 is 2.09 bits per heavy atom. The SMILES string of the molecule is CCCCOc1ccc(C2C(C#N)=C(C)NC(C)=C2C#N)cc1. The van der Waals surface area contributed by atoms with E-state index in [2.05, 4.69) is 24.4 Å². The molecule has 0 saturated heterocycles. The molecule has 0 bridgehead atoms. The molecule has 2 rings (SSSR count). The van der Waals surface area contributed by atoms with Crippen molar-refractivity contribution in [1.82, 2.24) is 5.32 Å². The van der Waals surface area contributed by atoms with E-state index >= 15 is 0 Å². The van der Waals surface area contributed by atoms with Gasteiger partial charge in [0, 0.05) is 11.4 Å². The van der Waals surface area contributed by atoms with Gasteiger partial charge in [0.2, 0.25) is 0 Å². The summed E-state index contributed by atoms with van der Waals surface area (Å²) >= 11 is 0. The van der Waals surface area contributed by atoms with Crippen LogP contribution in [0.3, 0.4) is 0 Å². The third-order valence-electron chi connectivity index (χ3n) is 3.98. The zero-order valence-electron chi connectivity index (χ0n) is 13.8. The summed E-state index contributed by atoms with van der Waals surface area (Å²) in [5.74, 6) is 0.505. The lowest BCUT2D eigenvalue weighted by Crippen LogP contribution is -2.23. The Hall–Kier alpha value is -2.72. The van der Waals surface area contributed by atoms with Gasteiger partial charge in [0.15, 0.2) is 0 Å². The molecular formula is C19H21N3O. The minimum Gasteiger partial charge on any atom is -0.494 e. The van der Waals surface area contributed by atoms with Crippen LogP contribution >= 0.6 is 0 Å². The van der Waals surface area contributed by atoms with Gasteiger partial charge in [0.1, 0.15) is 5.75 Å². The minimum atomic E-state index is -0.309. The first-order chi connectivity index (χ1) is 11.1. The van der Waals surface area contributed by atoms with Crippen LogP contribution in [0, 0.1) is 22.7 Å². The van der Waals surface area contributed by atoms with E-state index < -0.39 is 0 Å². The topological polar surface area (TPSA) is 68.8 Å². The monoisotopic (exact) mass is 307 g/mol. The summed E-state index contributed by atoms with van der Waals surface area (Å²) in [6.07, 6.45) is 2.12. The van der Waals surface area contributed by atoms with Crippen molar-refractivity contribution in [3.05, 3.63) is 52.4 Å². The van der Waals surface area contributed by atoms with E-state index in [1.807, 2.05) is 38.1 Å². The molecule has 1 aromatic carbocycles. The van der Waals surface area contributed by atoms with Crippen LogP contribution in [-0.4, -0.2) is 6.61 Å².